The molecule has 0 aliphatic carbocycles. The minimum Gasteiger partial charge on any atom is -0.359 e. The van der Waals surface area contributed by atoms with Crippen molar-refractivity contribution in [2.45, 2.75) is 32.7 Å². The van der Waals surface area contributed by atoms with E-state index in [2.05, 4.69) is 28.4 Å². The smallest absolute Gasteiger partial charge is 0.227 e. The third-order valence-electron chi connectivity index (χ3n) is 4.91. The van der Waals surface area contributed by atoms with Crippen molar-refractivity contribution in [1.29, 1.82) is 0 Å². The van der Waals surface area contributed by atoms with E-state index >= 15 is 0 Å². The van der Waals surface area contributed by atoms with Gasteiger partial charge in [-0.1, -0.05) is 36.3 Å². The zero-order chi connectivity index (χ0) is 18.6. The first-order valence-corrected chi connectivity index (χ1v) is 9.23. The summed E-state index contributed by atoms with van der Waals surface area (Å²) in [6.07, 6.45) is 5.42. The second-order valence-corrected chi connectivity index (χ2v) is 6.67. The Hall–Kier alpha value is -3.15. The zero-order valence-corrected chi connectivity index (χ0v) is 15.3. The largest absolute Gasteiger partial charge is 0.359 e. The van der Waals surface area contributed by atoms with Crippen molar-refractivity contribution in [2.75, 3.05) is 11.9 Å². The highest BCUT2D eigenvalue weighted by atomic mass is 16.5. The van der Waals surface area contributed by atoms with Crippen LogP contribution in [-0.2, 0) is 30.6 Å². The van der Waals surface area contributed by atoms with Crippen molar-refractivity contribution in [3.63, 3.8) is 0 Å². The fourth-order valence-electron chi connectivity index (χ4n) is 3.39. The molecule has 3 heterocycles. The number of anilines is 2. The standard InChI is InChI=1S/C21H22N4O2/c1-2-16-7-3-4-8-18(16)23-21-17-14-25(11-9-19(17)27-24-21)20(26)12-15-6-5-10-22-13-15/h3-8,10,13H,2,9,11-12,14H2,1H3,(H,23,24). The van der Waals surface area contributed by atoms with Gasteiger partial charge >= 0.3 is 0 Å². The van der Waals surface area contributed by atoms with Crippen LogP contribution in [0.5, 0.6) is 0 Å². The molecule has 1 N–H and O–H groups in total. The lowest BCUT2D eigenvalue weighted by molar-refractivity contribution is -0.131. The Morgan fingerprint density at radius 2 is 2.15 bits per heavy atom. The third kappa shape index (κ3) is 3.69. The number of nitrogens with one attached hydrogen (secondary N) is 1. The highest BCUT2D eigenvalue weighted by Crippen LogP contribution is 2.29. The molecule has 2 aromatic heterocycles. The van der Waals surface area contributed by atoms with Gasteiger partial charge in [0.1, 0.15) is 5.76 Å². The minimum atomic E-state index is 0.0924. The van der Waals surface area contributed by atoms with Crippen molar-refractivity contribution in [2.24, 2.45) is 0 Å². The lowest BCUT2D eigenvalue weighted by Crippen LogP contribution is -2.36. The van der Waals surface area contributed by atoms with Gasteiger partial charge in [-0.3, -0.25) is 9.78 Å². The number of hydrogen-bond acceptors (Lipinski definition) is 5. The lowest BCUT2D eigenvalue weighted by Gasteiger charge is -2.26. The summed E-state index contributed by atoms with van der Waals surface area (Å²) in [5.41, 5.74) is 4.13. The first-order chi connectivity index (χ1) is 13.2. The molecule has 1 amide bonds. The number of pyridine rings is 1. The molecule has 6 nitrogen and oxygen atoms in total. The highest BCUT2D eigenvalue weighted by Gasteiger charge is 2.27. The molecule has 0 radical (unpaired) electrons. The summed E-state index contributed by atoms with van der Waals surface area (Å²) in [6, 6.07) is 11.9. The van der Waals surface area contributed by atoms with E-state index in [-0.39, 0.29) is 5.91 Å². The van der Waals surface area contributed by atoms with Crippen molar-refractivity contribution >= 4 is 17.4 Å². The van der Waals surface area contributed by atoms with E-state index in [9.17, 15) is 4.79 Å². The van der Waals surface area contributed by atoms with Gasteiger partial charge < -0.3 is 14.7 Å². The van der Waals surface area contributed by atoms with Crippen LogP contribution in [0.25, 0.3) is 0 Å². The first-order valence-electron chi connectivity index (χ1n) is 9.23. The van der Waals surface area contributed by atoms with Crippen LogP contribution >= 0.6 is 0 Å². The second-order valence-electron chi connectivity index (χ2n) is 6.67. The quantitative estimate of drug-likeness (QED) is 0.752. The van der Waals surface area contributed by atoms with E-state index in [4.69, 9.17) is 4.52 Å². The second kappa shape index (κ2) is 7.61. The van der Waals surface area contributed by atoms with Gasteiger partial charge in [0.15, 0.2) is 5.82 Å². The lowest BCUT2D eigenvalue weighted by atomic mass is 10.1. The summed E-state index contributed by atoms with van der Waals surface area (Å²) >= 11 is 0. The number of carbonyl (C=O) groups is 1. The molecule has 138 valence electrons. The average Bonchev–Trinajstić information content (AvgIpc) is 3.11. The Morgan fingerprint density at radius 3 is 2.96 bits per heavy atom. The van der Waals surface area contributed by atoms with Crippen LogP contribution in [0.3, 0.4) is 0 Å². The molecule has 1 aromatic carbocycles. The Balaban J connectivity index is 1.51. The summed E-state index contributed by atoms with van der Waals surface area (Å²) in [4.78, 5) is 18.6. The number of nitrogens with zero attached hydrogens (tertiary/aromatic N) is 3. The Morgan fingerprint density at radius 1 is 1.26 bits per heavy atom. The molecule has 0 atom stereocenters. The van der Waals surface area contributed by atoms with Crippen LogP contribution < -0.4 is 5.32 Å². The summed E-state index contributed by atoms with van der Waals surface area (Å²) in [6.45, 7) is 3.28. The van der Waals surface area contributed by atoms with Gasteiger partial charge in [-0.05, 0) is 29.7 Å². The van der Waals surface area contributed by atoms with Gasteiger partial charge in [-0.25, -0.2) is 0 Å². The maximum atomic E-state index is 12.7. The molecule has 0 spiro atoms. The zero-order valence-electron chi connectivity index (χ0n) is 15.3. The van der Waals surface area contributed by atoms with E-state index in [1.807, 2.05) is 35.2 Å². The number of aryl methyl sites for hydroxylation is 1. The van der Waals surface area contributed by atoms with Crippen LogP contribution in [0.1, 0.15) is 29.4 Å². The molecule has 3 aromatic rings. The summed E-state index contributed by atoms with van der Waals surface area (Å²) in [5.74, 6) is 1.65. The van der Waals surface area contributed by atoms with E-state index in [0.717, 1.165) is 29.0 Å². The van der Waals surface area contributed by atoms with Crippen molar-refractivity contribution in [3.8, 4) is 0 Å². The number of benzene rings is 1. The van der Waals surface area contributed by atoms with Gasteiger partial charge in [0.25, 0.3) is 0 Å². The number of rotatable bonds is 5. The van der Waals surface area contributed by atoms with Crippen LogP contribution in [0, 0.1) is 0 Å². The summed E-state index contributed by atoms with van der Waals surface area (Å²) in [7, 11) is 0. The van der Waals surface area contributed by atoms with Gasteiger partial charge in [0, 0.05) is 31.0 Å². The van der Waals surface area contributed by atoms with Crippen molar-refractivity contribution in [1.82, 2.24) is 15.0 Å². The van der Waals surface area contributed by atoms with E-state index < -0.39 is 0 Å². The fourth-order valence-corrected chi connectivity index (χ4v) is 3.39. The predicted molar refractivity (Wildman–Crippen MR) is 103 cm³/mol. The molecule has 4 rings (SSSR count). The molecule has 0 bridgehead atoms. The molecule has 1 aliphatic heterocycles. The van der Waals surface area contributed by atoms with E-state index in [1.54, 1.807) is 12.4 Å². The maximum absolute atomic E-state index is 12.7. The Kier molecular flexibility index (Phi) is 4.87. The number of para-hydroxylation sites is 1. The van der Waals surface area contributed by atoms with Crippen LogP contribution in [0.15, 0.2) is 53.3 Å². The number of carbonyl (C=O) groups excluding carboxylic acids is 1. The normalized spacial score (nSPS) is 13.3. The number of amides is 1. The monoisotopic (exact) mass is 362 g/mol. The number of hydrogen-bond donors (Lipinski definition) is 1. The topological polar surface area (TPSA) is 71.3 Å². The van der Waals surface area contributed by atoms with Gasteiger partial charge in [0.2, 0.25) is 5.91 Å². The predicted octanol–water partition coefficient (Wildman–Crippen LogP) is 3.50. The van der Waals surface area contributed by atoms with E-state index in [1.165, 1.54) is 5.56 Å². The Labute approximate surface area is 158 Å². The van der Waals surface area contributed by atoms with Crippen molar-refractivity contribution < 1.29 is 9.32 Å². The van der Waals surface area contributed by atoms with Crippen LogP contribution in [0.4, 0.5) is 11.5 Å². The summed E-state index contributed by atoms with van der Waals surface area (Å²) < 4.78 is 5.52. The van der Waals surface area contributed by atoms with Crippen molar-refractivity contribution in [3.05, 3.63) is 71.2 Å². The number of aromatic nitrogens is 2. The Bertz CT molecular complexity index is 936. The maximum Gasteiger partial charge on any atom is 0.227 e. The minimum absolute atomic E-state index is 0.0924. The van der Waals surface area contributed by atoms with E-state index in [0.29, 0.717) is 31.7 Å². The molecule has 27 heavy (non-hydrogen) atoms. The molecule has 0 saturated carbocycles. The van der Waals surface area contributed by atoms with Gasteiger partial charge in [0.05, 0.1) is 18.5 Å². The molecule has 0 saturated heterocycles. The molecular weight excluding hydrogens is 340 g/mol. The van der Waals surface area contributed by atoms with Crippen LogP contribution in [0.2, 0.25) is 0 Å². The van der Waals surface area contributed by atoms with Crippen LogP contribution in [-0.4, -0.2) is 27.5 Å². The van der Waals surface area contributed by atoms with Gasteiger partial charge in [-0.15, -0.1) is 0 Å². The number of fused-ring (bicyclic) bond motifs is 1. The third-order valence-corrected chi connectivity index (χ3v) is 4.91. The molecule has 6 heteroatoms. The molecule has 0 unspecified atom stereocenters. The van der Waals surface area contributed by atoms with Gasteiger partial charge in [-0.2, -0.15) is 0 Å². The molecular formula is C21H22N4O2. The fraction of sp³-hybridized carbons (Fsp3) is 0.286. The molecule has 1 aliphatic rings. The molecule has 0 fully saturated rings. The first kappa shape index (κ1) is 17.3. The highest BCUT2D eigenvalue weighted by molar-refractivity contribution is 5.79. The SMILES string of the molecule is CCc1ccccc1Nc1noc2c1CN(C(=O)Cc1cccnc1)CC2. The summed E-state index contributed by atoms with van der Waals surface area (Å²) in [5, 5.41) is 7.60. The average molecular weight is 362 g/mol.